The number of hydrogen-bond acceptors (Lipinski definition) is 5. The van der Waals surface area contributed by atoms with Gasteiger partial charge in [-0.2, -0.15) is 5.26 Å². The Morgan fingerprint density at radius 2 is 1.69 bits per heavy atom. The van der Waals surface area contributed by atoms with Gasteiger partial charge in [-0.15, -0.1) is 0 Å². The van der Waals surface area contributed by atoms with Crippen molar-refractivity contribution in [3.05, 3.63) is 95.0 Å². The van der Waals surface area contributed by atoms with Crippen molar-refractivity contribution in [2.24, 2.45) is 0 Å². The van der Waals surface area contributed by atoms with E-state index in [-0.39, 0.29) is 11.7 Å². The topological polar surface area (TPSA) is 75.0 Å². The number of nitriles is 1. The predicted octanol–water partition coefficient (Wildman–Crippen LogP) is 6.99. The van der Waals surface area contributed by atoms with Crippen LogP contribution in [0.25, 0.3) is 22.4 Å². The maximum Gasteiger partial charge on any atom is 0.234 e. The Bertz CT molecular complexity index is 1380. The molecule has 7 heteroatoms. The van der Waals surface area contributed by atoms with Gasteiger partial charge < -0.3 is 10.1 Å². The van der Waals surface area contributed by atoms with Gasteiger partial charge in [0.2, 0.25) is 5.91 Å². The van der Waals surface area contributed by atoms with E-state index in [0.29, 0.717) is 21.3 Å². The molecule has 4 rings (SSSR count). The van der Waals surface area contributed by atoms with E-state index in [1.807, 2.05) is 73.7 Å². The number of methoxy groups -OCH3 is 1. The molecule has 0 spiro atoms. The van der Waals surface area contributed by atoms with E-state index in [0.717, 1.165) is 33.7 Å². The summed E-state index contributed by atoms with van der Waals surface area (Å²) in [6, 6.07) is 26.6. The van der Waals surface area contributed by atoms with E-state index >= 15 is 0 Å². The van der Waals surface area contributed by atoms with Gasteiger partial charge >= 0.3 is 0 Å². The fourth-order valence-electron chi connectivity index (χ4n) is 3.47. The van der Waals surface area contributed by atoms with Crippen LogP contribution in [0.5, 0.6) is 5.75 Å². The summed E-state index contributed by atoms with van der Waals surface area (Å²) in [5.74, 6) is 0.663. The molecule has 0 aliphatic carbocycles. The highest BCUT2D eigenvalue weighted by Gasteiger charge is 2.17. The molecule has 1 aromatic heterocycles. The molecular weight excluding hydrogens is 478 g/mol. The maximum absolute atomic E-state index is 12.6. The molecule has 35 heavy (non-hydrogen) atoms. The first-order chi connectivity index (χ1) is 17.0. The van der Waals surface area contributed by atoms with Crippen molar-refractivity contribution in [2.75, 3.05) is 18.2 Å². The number of hydrogen-bond donors (Lipinski definition) is 1. The standard InChI is InChI=1S/C28H22ClN3O2S/c1-18-3-11-22(12-4-18)31-27(33)17-35-28-25(16-30)24(19-7-13-23(34-2)14-8-19)15-26(32-28)20-5-9-21(29)10-6-20/h3-15H,17H2,1-2H3,(H,31,33). The lowest BCUT2D eigenvalue weighted by Crippen LogP contribution is -2.14. The van der Waals surface area contributed by atoms with Gasteiger partial charge in [-0.05, 0) is 55.0 Å². The van der Waals surface area contributed by atoms with Crippen LogP contribution in [-0.4, -0.2) is 23.8 Å². The minimum atomic E-state index is -0.174. The molecule has 0 saturated heterocycles. The Labute approximate surface area is 213 Å². The molecule has 0 fully saturated rings. The number of carbonyl (C=O) groups is 1. The van der Waals surface area contributed by atoms with Crippen molar-refractivity contribution in [1.29, 1.82) is 5.26 Å². The minimum absolute atomic E-state index is 0.113. The number of nitrogens with zero attached hydrogens (tertiary/aromatic N) is 2. The summed E-state index contributed by atoms with van der Waals surface area (Å²) in [7, 11) is 1.61. The monoisotopic (exact) mass is 499 g/mol. The van der Waals surface area contributed by atoms with Crippen LogP contribution in [0.15, 0.2) is 83.9 Å². The molecule has 1 amide bonds. The summed E-state index contributed by atoms with van der Waals surface area (Å²) in [4.78, 5) is 17.4. The number of aryl methyl sites for hydroxylation is 1. The third kappa shape index (κ3) is 6.02. The molecule has 174 valence electrons. The molecule has 0 aliphatic heterocycles. The second-order valence-corrected chi connectivity index (χ2v) is 9.19. The number of aromatic nitrogens is 1. The number of halogens is 1. The first-order valence-electron chi connectivity index (χ1n) is 10.8. The molecule has 1 N–H and O–H groups in total. The van der Waals surface area contributed by atoms with Crippen LogP contribution >= 0.6 is 23.4 Å². The highest BCUT2D eigenvalue weighted by atomic mass is 35.5. The second-order valence-electron chi connectivity index (χ2n) is 7.79. The average molecular weight is 500 g/mol. The van der Waals surface area contributed by atoms with Crippen LogP contribution in [-0.2, 0) is 4.79 Å². The number of pyridine rings is 1. The fraction of sp³-hybridized carbons (Fsp3) is 0.107. The number of amides is 1. The Balaban J connectivity index is 1.69. The molecule has 0 bridgehead atoms. The highest BCUT2D eigenvalue weighted by Crippen LogP contribution is 2.35. The van der Waals surface area contributed by atoms with Gasteiger partial charge in [-0.3, -0.25) is 4.79 Å². The van der Waals surface area contributed by atoms with Crippen molar-refractivity contribution in [3.8, 4) is 34.2 Å². The lowest BCUT2D eigenvalue weighted by molar-refractivity contribution is -0.113. The van der Waals surface area contributed by atoms with Crippen molar-refractivity contribution in [3.63, 3.8) is 0 Å². The number of rotatable bonds is 7. The van der Waals surface area contributed by atoms with Crippen LogP contribution < -0.4 is 10.1 Å². The largest absolute Gasteiger partial charge is 0.497 e. The summed E-state index contributed by atoms with van der Waals surface area (Å²) in [6.45, 7) is 1.99. The zero-order valence-electron chi connectivity index (χ0n) is 19.2. The lowest BCUT2D eigenvalue weighted by Gasteiger charge is -2.13. The van der Waals surface area contributed by atoms with E-state index in [9.17, 15) is 10.1 Å². The van der Waals surface area contributed by atoms with Crippen molar-refractivity contribution >= 4 is 35.0 Å². The van der Waals surface area contributed by atoms with Gasteiger partial charge in [0.15, 0.2) is 0 Å². The van der Waals surface area contributed by atoms with Gasteiger partial charge in [0, 0.05) is 21.8 Å². The van der Waals surface area contributed by atoms with Crippen LogP contribution in [0.2, 0.25) is 5.02 Å². The van der Waals surface area contributed by atoms with E-state index in [1.165, 1.54) is 11.8 Å². The summed E-state index contributed by atoms with van der Waals surface area (Å²) >= 11 is 7.30. The van der Waals surface area contributed by atoms with Gasteiger partial charge in [-0.1, -0.05) is 65.3 Å². The van der Waals surface area contributed by atoms with Gasteiger partial charge in [-0.25, -0.2) is 4.98 Å². The van der Waals surface area contributed by atoms with Gasteiger partial charge in [0.25, 0.3) is 0 Å². The fourth-order valence-corrected chi connectivity index (χ4v) is 4.40. The number of thioether (sulfide) groups is 1. The molecular formula is C28H22ClN3O2S. The number of nitrogens with one attached hydrogen (secondary N) is 1. The Hall–Kier alpha value is -3.79. The smallest absolute Gasteiger partial charge is 0.234 e. The van der Waals surface area contributed by atoms with E-state index in [4.69, 9.17) is 21.3 Å². The number of benzene rings is 3. The third-order valence-corrected chi connectivity index (χ3v) is 6.54. The Morgan fingerprint density at radius 1 is 1.03 bits per heavy atom. The SMILES string of the molecule is COc1ccc(-c2cc(-c3ccc(Cl)cc3)nc(SCC(=O)Nc3ccc(C)cc3)c2C#N)cc1. The lowest BCUT2D eigenvalue weighted by atomic mass is 9.99. The van der Waals surface area contributed by atoms with Crippen LogP contribution in [0.1, 0.15) is 11.1 Å². The maximum atomic E-state index is 12.6. The van der Waals surface area contributed by atoms with Gasteiger partial charge in [0.05, 0.1) is 24.1 Å². The van der Waals surface area contributed by atoms with E-state index < -0.39 is 0 Å². The molecule has 0 radical (unpaired) electrons. The quantitative estimate of drug-likeness (QED) is 0.277. The molecule has 0 atom stereocenters. The Morgan fingerprint density at radius 3 is 2.31 bits per heavy atom. The minimum Gasteiger partial charge on any atom is -0.497 e. The molecule has 3 aromatic carbocycles. The zero-order valence-corrected chi connectivity index (χ0v) is 20.8. The van der Waals surface area contributed by atoms with Crippen LogP contribution in [0.4, 0.5) is 5.69 Å². The van der Waals surface area contributed by atoms with E-state index in [2.05, 4.69) is 11.4 Å². The molecule has 4 aromatic rings. The first kappa shape index (κ1) is 24.3. The number of ether oxygens (including phenoxy) is 1. The molecule has 0 aliphatic rings. The summed E-state index contributed by atoms with van der Waals surface area (Å²) in [6.07, 6.45) is 0. The van der Waals surface area contributed by atoms with Crippen molar-refractivity contribution < 1.29 is 9.53 Å². The summed E-state index contributed by atoms with van der Waals surface area (Å²) in [5, 5.41) is 14.0. The van der Waals surface area contributed by atoms with Gasteiger partial charge in [0.1, 0.15) is 16.8 Å². The number of carbonyl (C=O) groups excluding carboxylic acids is 1. The highest BCUT2D eigenvalue weighted by molar-refractivity contribution is 8.00. The second kappa shape index (κ2) is 11.1. The van der Waals surface area contributed by atoms with E-state index in [1.54, 1.807) is 19.2 Å². The summed E-state index contributed by atoms with van der Waals surface area (Å²) in [5.41, 5.74) is 5.39. The third-order valence-electron chi connectivity index (χ3n) is 5.31. The molecule has 1 heterocycles. The normalized spacial score (nSPS) is 10.5. The number of anilines is 1. The zero-order chi connectivity index (χ0) is 24.8. The molecule has 5 nitrogen and oxygen atoms in total. The Kier molecular flexibility index (Phi) is 7.71. The van der Waals surface area contributed by atoms with Crippen molar-refractivity contribution in [2.45, 2.75) is 11.9 Å². The van der Waals surface area contributed by atoms with Crippen molar-refractivity contribution in [1.82, 2.24) is 4.98 Å². The van der Waals surface area contributed by atoms with Crippen LogP contribution in [0.3, 0.4) is 0 Å². The average Bonchev–Trinajstić information content (AvgIpc) is 2.88. The molecule has 0 saturated carbocycles. The van der Waals surface area contributed by atoms with Crippen LogP contribution in [0, 0.1) is 18.3 Å². The first-order valence-corrected chi connectivity index (χ1v) is 12.2. The predicted molar refractivity (Wildman–Crippen MR) is 142 cm³/mol. The summed E-state index contributed by atoms with van der Waals surface area (Å²) < 4.78 is 5.27. The molecule has 0 unspecified atom stereocenters.